The first kappa shape index (κ1) is 92.1. The number of halogens is 6. The average molecular weight is 2270 g/mol. The van der Waals surface area contributed by atoms with Gasteiger partial charge >= 0.3 is 83.5 Å². The van der Waals surface area contributed by atoms with Crippen LogP contribution in [0, 0.1) is 105 Å². The summed E-state index contributed by atoms with van der Waals surface area (Å²) in [5.41, 5.74) is 8.26. The van der Waals surface area contributed by atoms with Crippen molar-refractivity contribution in [2.24, 2.45) is 0 Å². The molecular formula is C72H52Ce2I6N6O14+2. The normalized spacial score (nSPS) is 9.26. The van der Waals surface area contributed by atoms with E-state index in [9.17, 15) is 59.4 Å². The Labute approximate surface area is 724 Å². The number of carboxylic acids is 6. The first-order chi connectivity index (χ1) is 46.1. The number of pyridine rings is 6. The molecule has 0 amide bonds. The molecule has 12 rings (SSSR count). The molecule has 0 unspecified atom stereocenters. The molecule has 20 nitrogen and oxygen atoms in total. The molecule has 2 radical (unpaired) electrons. The Bertz CT molecular complexity index is 3750. The molecule has 6 heterocycles. The van der Waals surface area contributed by atoms with Gasteiger partial charge in [0.05, 0.1) is 81.4 Å². The Hall–Kier alpha value is -5.91. The minimum absolute atomic E-state index is 0. The van der Waals surface area contributed by atoms with E-state index in [0.29, 0.717) is 0 Å². The number of hydrogen-bond acceptors (Lipinski definition) is 18. The summed E-state index contributed by atoms with van der Waals surface area (Å²) in [5.74, 6) is -6.77. The molecule has 6 N–H and O–H groups in total. The number of nitrogens with zero attached hydrogens (tertiary/aromatic N) is 6. The van der Waals surface area contributed by atoms with Crippen LogP contribution in [-0.2, 0) is 11.0 Å². The maximum atomic E-state index is 10.2. The number of carbonyl (C=O) groups is 6. The standard InChI is InChI=1S/2C15H11N3.6C7H5IO2.2Ce.2H2O/c2*1-3-10-16-12(6-1)14-8-5-9-15(18-14)13-7-2-4-11-17-13;6*8-6-3-1-5(2-4-6)7(9)10;;;;/h2*1-11H;6*1-4H,(H,9,10);;;2*1H2/q;;;;;;;;2*+3;;/p-4. The van der Waals surface area contributed by atoms with Gasteiger partial charge < -0.3 is 70.4 Å². The first-order valence-corrected chi connectivity index (χ1v) is 33.9. The SMILES string of the molecule is O=C([O-])c1ccc(I)cc1.O=C([O-])c1ccc(I)cc1.O=C([O-])c1ccc(I)cc1.O=C([O-])c1ccc(I)cc1.O=C([O-])c1ccc(I)cc1.O=C([O-])c1ccc(I)cc1.[Ce+3].[Ce+3].[OH3+].[OH3+].c1ccc(-c2cccc(-c3ccccn3)n2)nc1.c1ccc(-c2cccc(-c3ccccn3)n2)nc1. The van der Waals surface area contributed by atoms with Crippen molar-refractivity contribution in [3.63, 3.8) is 0 Å². The molecule has 0 saturated heterocycles. The van der Waals surface area contributed by atoms with E-state index in [1.807, 2.05) is 109 Å². The molecular weight excluding hydrogens is 2210 g/mol. The van der Waals surface area contributed by atoms with Crippen LogP contribution in [0.5, 0.6) is 0 Å². The summed E-state index contributed by atoms with van der Waals surface area (Å²) in [6.07, 6.45) is 7.07. The number of carbonyl (C=O) groups excluding carboxylic acids is 6. The molecule has 502 valence electrons. The smallest absolute Gasteiger partial charge is 0.545 e. The number of aromatic carboxylic acids is 6. The maximum Gasteiger partial charge on any atom is 3.00 e. The molecule has 0 bridgehead atoms. The van der Waals surface area contributed by atoms with Crippen molar-refractivity contribution in [1.29, 1.82) is 0 Å². The Balaban J connectivity index is 0.000000577. The molecule has 28 heteroatoms. The first-order valence-electron chi connectivity index (χ1n) is 27.5. The second kappa shape index (κ2) is 51.3. The van der Waals surface area contributed by atoms with Crippen LogP contribution in [0.3, 0.4) is 0 Å². The van der Waals surface area contributed by atoms with Crippen molar-refractivity contribution in [2.45, 2.75) is 0 Å². The molecule has 100 heavy (non-hydrogen) atoms. The third-order valence-corrected chi connectivity index (χ3v) is 16.0. The zero-order valence-corrected chi connectivity index (χ0v) is 70.8. The van der Waals surface area contributed by atoms with Crippen LogP contribution in [0.25, 0.3) is 45.6 Å². The topological polar surface area (TPSA) is 384 Å². The van der Waals surface area contributed by atoms with Crippen LogP contribution in [0.2, 0.25) is 0 Å². The van der Waals surface area contributed by atoms with Gasteiger partial charge in [-0.1, -0.05) is 109 Å². The molecule has 12 aromatic rings. The van der Waals surface area contributed by atoms with Crippen LogP contribution in [-0.4, -0.2) is 65.7 Å². The van der Waals surface area contributed by atoms with Crippen molar-refractivity contribution in [3.8, 4) is 45.6 Å². The van der Waals surface area contributed by atoms with Gasteiger partial charge in [-0.25, -0.2) is 9.97 Å². The van der Waals surface area contributed by atoms with Gasteiger partial charge in [0, 0.05) is 46.2 Å². The van der Waals surface area contributed by atoms with Crippen LogP contribution in [0.1, 0.15) is 62.1 Å². The van der Waals surface area contributed by atoms with Gasteiger partial charge in [-0.05, 0) is 315 Å². The zero-order valence-electron chi connectivity index (χ0n) is 51.6. The summed E-state index contributed by atoms with van der Waals surface area (Å²) < 4.78 is 6.10. The molecule has 0 aliphatic heterocycles. The number of hydrogen-bond donors (Lipinski definition) is 0. The van der Waals surface area contributed by atoms with Gasteiger partial charge in [0.2, 0.25) is 0 Å². The molecule has 6 aromatic heterocycles. The van der Waals surface area contributed by atoms with E-state index in [0.717, 1.165) is 67.0 Å². The number of rotatable bonds is 10. The second-order valence-corrected chi connectivity index (χ2v) is 25.9. The fourth-order valence-electron chi connectivity index (χ4n) is 7.01. The minimum atomic E-state index is -1.13. The predicted molar refractivity (Wildman–Crippen MR) is 412 cm³/mol. The van der Waals surface area contributed by atoms with Crippen LogP contribution < -0.4 is 30.6 Å². The molecule has 0 fully saturated rings. The van der Waals surface area contributed by atoms with E-state index in [1.165, 1.54) is 72.8 Å². The van der Waals surface area contributed by atoms with Gasteiger partial charge in [-0.15, -0.1) is 0 Å². The van der Waals surface area contributed by atoms with Gasteiger partial charge in [-0.3, -0.25) is 19.9 Å². The summed E-state index contributed by atoms with van der Waals surface area (Å²) in [5, 5.41) is 61.2. The van der Waals surface area contributed by atoms with Crippen LogP contribution >= 0.6 is 136 Å². The van der Waals surface area contributed by atoms with Crippen molar-refractivity contribution < 1.29 is 154 Å². The average Bonchev–Trinajstić information content (AvgIpc) is 0.848. The molecule has 0 spiro atoms. The van der Waals surface area contributed by atoms with Gasteiger partial charge in [0.1, 0.15) is 0 Å². The van der Waals surface area contributed by atoms with Crippen molar-refractivity contribution in [2.75, 3.05) is 0 Å². The quantitative estimate of drug-likeness (QED) is 0.0914. The van der Waals surface area contributed by atoms with E-state index in [4.69, 9.17) is 0 Å². The summed E-state index contributed by atoms with van der Waals surface area (Å²) in [6, 6.07) is 74.0. The van der Waals surface area contributed by atoms with Gasteiger partial charge in [0.25, 0.3) is 0 Å². The number of benzene rings is 6. The number of aromatic nitrogens is 6. The molecule has 0 saturated carbocycles. The maximum absolute atomic E-state index is 10.2. The summed E-state index contributed by atoms with van der Waals surface area (Å²) in [6.45, 7) is 0. The van der Waals surface area contributed by atoms with Crippen molar-refractivity contribution in [1.82, 2.24) is 29.9 Å². The fraction of sp³-hybridized carbons (Fsp3) is 0. The van der Waals surface area contributed by atoms with Crippen LogP contribution in [0.15, 0.2) is 280 Å². The fourth-order valence-corrected chi connectivity index (χ4v) is 9.17. The monoisotopic (exact) mass is 2270 g/mol. The Morgan fingerprint density at radius 1 is 0.210 bits per heavy atom. The third-order valence-electron chi connectivity index (χ3n) is 11.7. The third kappa shape index (κ3) is 35.8. The Morgan fingerprint density at radius 2 is 0.350 bits per heavy atom. The van der Waals surface area contributed by atoms with E-state index >= 15 is 0 Å². The van der Waals surface area contributed by atoms with E-state index < -0.39 is 35.8 Å². The van der Waals surface area contributed by atoms with Crippen molar-refractivity contribution >= 4 is 171 Å². The van der Waals surface area contributed by atoms with E-state index in [2.05, 4.69) is 165 Å². The molecule has 0 aliphatic rings. The predicted octanol–water partition coefficient (Wildman–Crippen LogP) is 8.50. The number of carboxylic acid groups (broad SMARTS) is 6. The van der Waals surface area contributed by atoms with Gasteiger partial charge in [-0.2, -0.15) is 0 Å². The van der Waals surface area contributed by atoms with Crippen LogP contribution in [0.4, 0.5) is 0 Å². The largest absolute Gasteiger partial charge is 3.00 e. The summed E-state index contributed by atoms with van der Waals surface area (Å²) >= 11 is 12.6. The van der Waals surface area contributed by atoms with Crippen molar-refractivity contribution in [3.05, 3.63) is 334 Å². The summed E-state index contributed by atoms with van der Waals surface area (Å²) in [7, 11) is 0. The molecule has 6 aromatic carbocycles. The zero-order chi connectivity index (χ0) is 69.8. The minimum Gasteiger partial charge on any atom is -0.545 e. The van der Waals surface area contributed by atoms with E-state index in [-0.39, 0.29) is 128 Å². The molecule has 0 aliphatic carbocycles. The second-order valence-electron chi connectivity index (χ2n) is 18.4. The van der Waals surface area contributed by atoms with Gasteiger partial charge in [0.15, 0.2) is 0 Å². The Morgan fingerprint density at radius 3 is 0.470 bits per heavy atom. The van der Waals surface area contributed by atoms with E-state index in [1.54, 1.807) is 97.6 Å². The summed E-state index contributed by atoms with van der Waals surface area (Å²) in [4.78, 5) is 87.6. The Kier molecular flexibility index (Phi) is 47.2. The molecule has 0 atom stereocenters.